The van der Waals surface area contributed by atoms with Crippen LogP contribution in [0, 0.1) is 0 Å². The molecule has 0 heterocycles. The summed E-state index contributed by atoms with van der Waals surface area (Å²) in [6.07, 6.45) is 5.37. The Labute approximate surface area is 140 Å². The summed E-state index contributed by atoms with van der Waals surface area (Å²) in [7, 11) is 0. The van der Waals surface area contributed by atoms with Crippen LogP contribution in [0.2, 0.25) is 0 Å². The van der Waals surface area contributed by atoms with Gasteiger partial charge in [-0.05, 0) is 19.4 Å². The molecule has 0 spiro atoms. The third-order valence-corrected chi connectivity index (χ3v) is 4.66. The van der Waals surface area contributed by atoms with Crippen molar-refractivity contribution < 1.29 is 20.1 Å². The fourth-order valence-corrected chi connectivity index (χ4v) is 3.15. The topological polar surface area (TPSA) is 81.0 Å². The molecule has 1 unspecified atom stereocenters. The number of aliphatic hydroxyl groups excluding tert-OH is 2. The minimum absolute atomic E-state index is 0.166. The molecule has 0 amide bonds. The van der Waals surface area contributed by atoms with Gasteiger partial charge < -0.3 is 15.3 Å². The van der Waals surface area contributed by atoms with Crippen LogP contribution in [-0.4, -0.2) is 63.3 Å². The van der Waals surface area contributed by atoms with E-state index in [0.29, 0.717) is 13.0 Å². The highest BCUT2D eigenvalue weighted by Gasteiger charge is 2.42. The van der Waals surface area contributed by atoms with E-state index in [-0.39, 0.29) is 18.9 Å². The Morgan fingerprint density at radius 1 is 1.18 bits per heavy atom. The highest BCUT2D eigenvalue weighted by atomic mass is 32.1. The monoisotopic (exact) mass is 335 g/mol. The van der Waals surface area contributed by atoms with E-state index in [1.54, 1.807) is 0 Å². The number of thiol groups is 1. The lowest BCUT2D eigenvalue weighted by atomic mass is 9.91. The number of carbonyl (C=O) groups is 1. The Hall–Kier alpha value is -0.300. The molecule has 0 aliphatic carbocycles. The van der Waals surface area contributed by atoms with Gasteiger partial charge in [0.2, 0.25) is 0 Å². The summed E-state index contributed by atoms with van der Waals surface area (Å²) in [6, 6.07) is 0. The van der Waals surface area contributed by atoms with Crippen LogP contribution >= 0.6 is 12.6 Å². The van der Waals surface area contributed by atoms with Crippen LogP contribution in [0.5, 0.6) is 0 Å². The first-order chi connectivity index (χ1) is 10.5. The van der Waals surface area contributed by atoms with Crippen LogP contribution in [0.4, 0.5) is 0 Å². The third kappa shape index (κ3) is 6.86. The first-order valence-corrected chi connectivity index (χ1v) is 8.99. The third-order valence-electron chi connectivity index (χ3n) is 4.13. The number of β-amino-alcohol motifs (C(OH)–C–C–N with tert-alkyl or cyclic N) is 1. The number of rotatable bonds is 14. The first kappa shape index (κ1) is 21.7. The maximum absolute atomic E-state index is 12.0. The van der Waals surface area contributed by atoms with E-state index in [1.807, 2.05) is 4.90 Å². The van der Waals surface area contributed by atoms with Crippen LogP contribution in [0.15, 0.2) is 0 Å². The van der Waals surface area contributed by atoms with Gasteiger partial charge in [-0.2, -0.15) is 12.6 Å². The zero-order chi connectivity index (χ0) is 17.0. The Bertz CT molecular complexity index is 304. The molecule has 0 aliphatic heterocycles. The Morgan fingerprint density at radius 2 is 1.77 bits per heavy atom. The molecule has 3 N–H and O–H groups in total. The SMILES string of the molecule is CCCCCN(CC(O)CO)[C@](CS)(CCCCC)C(=O)O. The van der Waals surface area contributed by atoms with Gasteiger partial charge in [-0.15, -0.1) is 0 Å². The zero-order valence-electron chi connectivity index (χ0n) is 14.0. The summed E-state index contributed by atoms with van der Waals surface area (Å²) in [6.45, 7) is 4.58. The summed E-state index contributed by atoms with van der Waals surface area (Å²) in [5, 5.41) is 28.7. The number of aliphatic hydroxyl groups is 2. The molecule has 22 heavy (non-hydrogen) atoms. The number of carboxylic acid groups (broad SMARTS) is 1. The molecule has 0 aromatic carbocycles. The first-order valence-electron chi connectivity index (χ1n) is 8.36. The molecule has 132 valence electrons. The van der Waals surface area contributed by atoms with Gasteiger partial charge in [-0.3, -0.25) is 9.69 Å². The maximum Gasteiger partial charge on any atom is 0.324 e. The number of hydrogen-bond donors (Lipinski definition) is 4. The van der Waals surface area contributed by atoms with Crippen molar-refractivity contribution >= 4 is 18.6 Å². The van der Waals surface area contributed by atoms with Gasteiger partial charge in [0.25, 0.3) is 0 Å². The average Bonchev–Trinajstić information content (AvgIpc) is 2.50. The largest absolute Gasteiger partial charge is 0.480 e. The molecule has 0 saturated carbocycles. The Balaban J connectivity index is 5.16. The zero-order valence-corrected chi connectivity index (χ0v) is 14.9. The predicted octanol–water partition coefficient (Wildman–Crippen LogP) is 2.17. The van der Waals surface area contributed by atoms with Gasteiger partial charge in [-0.25, -0.2) is 0 Å². The fourth-order valence-electron chi connectivity index (χ4n) is 2.66. The van der Waals surface area contributed by atoms with Crippen molar-refractivity contribution in [2.24, 2.45) is 0 Å². The van der Waals surface area contributed by atoms with Gasteiger partial charge in [0.1, 0.15) is 5.54 Å². The lowest BCUT2D eigenvalue weighted by Crippen LogP contribution is -2.58. The van der Waals surface area contributed by atoms with E-state index in [9.17, 15) is 15.0 Å². The van der Waals surface area contributed by atoms with Crippen molar-refractivity contribution in [3.05, 3.63) is 0 Å². The molecule has 0 aromatic heterocycles. The van der Waals surface area contributed by atoms with Crippen LogP contribution in [0.3, 0.4) is 0 Å². The second kappa shape index (κ2) is 12.2. The maximum atomic E-state index is 12.0. The van der Waals surface area contributed by atoms with Gasteiger partial charge in [0, 0.05) is 12.3 Å². The number of hydrogen-bond acceptors (Lipinski definition) is 5. The van der Waals surface area contributed by atoms with Crippen molar-refractivity contribution in [1.82, 2.24) is 4.90 Å². The van der Waals surface area contributed by atoms with E-state index in [0.717, 1.165) is 38.5 Å². The molecule has 5 nitrogen and oxygen atoms in total. The standard InChI is InChI=1S/C16H33NO4S/c1-3-5-7-9-16(13-22,15(20)21)17(10-8-6-4-2)11-14(19)12-18/h14,18-19,22H,3-13H2,1-2H3,(H,20,21)/t14?,16-/m0/s1. The minimum atomic E-state index is -1.07. The Kier molecular flexibility index (Phi) is 12.0. The van der Waals surface area contributed by atoms with Crippen molar-refractivity contribution in [2.75, 3.05) is 25.4 Å². The molecular weight excluding hydrogens is 302 g/mol. The van der Waals surface area contributed by atoms with Crippen LogP contribution < -0.4 is 0 Å². The molecule has 2 atom stereocenters. The van der Waals surface area contributed by atoms with Gasteiger partial charge in [0.15, 0.2) is 0 Å². The van der Waals surface area contributed by atoms with Gasteiger partial charge in [-0.1, -0.05) is 46.0 Å². The Morgan fingerprint density at radius 3 is 2.23 bits per heavy atom. The molecule has 0 saturated heterocycles. The highest BCUT2D eigenvalue weighted by molar-refractivity contribution is 7.80. The highest BCUT2D eigenvalue weighted by Crippen LogP contribution is 2.26. The molecular formula is C16H33NO4S. The van der Waals surface area contributed by atoms with Gasteiger partial charge >= 0.3 is 5.97 Å². The fraction of sp³-hybridized carbons (Fsp3) is 0.938. The van der Waals surface area contributed by atoms with E-state index in [4.69, 9.17) is 5.11 Å². The summed E-state index contributed by atoms with van der Waals surface area (Å²) in [5.41, 5.74) is -1.07. The molecule has 0 aliphatic rings. The van der Waals surface area contributed by atoms with E-state index >= 15 is 0 Å². The minimum Gasteiger partial charge on any atom is -0.480 e. The smallest absolute Gasteiger partial charge is 0.324 e. The van der Waals surface area contributed by atoms with Crippen molar-refractivity contribution in [3.63, 3.8) is 0 Å². The molecule has 0 rings (SSSR count). The number of nitrogens with zero attached hydrogens (tertiary/aromatic N) is 1. The summed E-state index contributed by atoms with van der Waals surface area (Å²) in [5.74, 6) is -0.684. The lowest BCUT2D eigenvalue weighted by molar-refractivity contribution is -0.152. The van der Waals surface area contributed by atoms with Crippen LogP contribution in [-0.2, 0) is 4.79 Å². The second-order valence-corrected chi connectivity index (χ2v) is 6.26. The molecule has 0 radical (unpaired) electrons. The molecule has 0 bridgehead atoms. The molecule has 0 fully saturated rings. The summed E-state index contributed by atoms with van der Waals surface area (Å²) < 4.78 is 0. The van der Waals surface area contributed by atoms with Crippen molar-refractivity contribution in [2.45, 2.75) is 70.4 Å². The normalized spacial score (nSPS) is 15.7. The average molecular weight is 336 g/mol. The summed E-state index contributed by atoms with van der Waals surface area (Å²) >= 11 is 4.31. The van der Waals surface area contributed by atoms with E-state index in [1.165, 1.54) is 0 Å². The quantitative estimate of drug-likeness (QED) is 0.289. The summed E-state index contributed by atoms with van der Waals surface area (Å²) in [4.78, 5) is 13.8. The number of unbranched alkanes of at least 4 members (excludes halogenated alkanes) is 4. The van der Waals surface area contributed by atoms with E-state index < -0.39 is 17.6 Å². The molecule has 0 aromatic rings. The second-order valence-electron chi connectivity index (χ2n) is 5.94. The van der Waals surface area contributed by atoms with E-state index in [2.05, 4.69) is 26.5 Å². The van der Waals surface area contributed by atoms with Crippen molar-refractivity contribution in [3.8, 4) is 0 Å². The molecule has 6 heteroatoms. The van der Waals surface area contributed by atoms with Crippen LogP contribution in [0.25, 0.3) is 0 Å². The lowest BCUT2D eigenvalue weighted by Gasteiger charge is -2.41. The van der Waals surface area contributed by atoms with Crippen molar-refractivity contribution in [1.29, 1.82) is 0 Å². The number of aliphatic carboxylic acids is 1. The van der Waals surface area contributed by atoms with Crippen LogP contribution in [0.1, 0.15) is 58.8 Å². The predicted molar refractivity (Wildman–Crippen MR) is 92.6 cm³/mol. The number of carboxylic acids is 1. The van der Waals surface area contributed by atoms with Gasteiger partial charge in [0.05, 0.1) is 12.7 Å².